The van der Waals surface area contributed by atoms with E-state index in [9.17, 15) is 9.90 Å². The number of hydrogen-bond acceptors (Lipinski definition) is 6. The minimum Gasteiger partial charge on any atom is -0.493 e. The van der Waals surface area contributed by atoms with Gasteiger partial charge in [-0.05, 0) is 43.5 Å². The smallest absolute Gasteiger partial charge is 0.245 e. The lowest BCUT2D eigenvalue weighted by Crippen LogP contribution is -2.50. The number of aliphatic hydroxyl groups excluding tert-OH is 1. The highest BCUT2D eigenvalue weighted by Gasteiger charge is 2.36. The lowest BCUT2D eigenvalue weighted by Gasteiger charge is -2.41. The molecule has 1 N–H and O–H groups in total. The summed E-state index contributed by atoms with van der Waals surface area (Å²) in [4.78, 5) is 15.1. The maximum Gasteiger partial charge on any atom is 0.245 e. The van der Waals surface area contributed by atoms with Crippen molar-refractivity contribution in [2.24, 2.45) is 0 Å². The van der Waals surface area contributed by atoms with Crippen molar-refractivity contribution >= 4 is 5.91 Å². The number of methoxy groups -OCH3 is 2. The molecule has 2 aromatic rings. The first kappa shape index (κ1) is 22.1. The Labute approximate surface area is 177 Å². The number of carbonyl (C=O) groups excluding carboxylic acids is 1. The molecule has 1 aromatic heterocycles. The molecule has 2 atom stereocenters. The minimum atomic E-state index is -0.521. The Kier molecular flexibility index (Phi) is 6.99. The molecule has 0 aliphatic carbocycles. The highest BCUT2D eigenvalue weighted by Crippen LogP contribution is 2.35. The largest absolute Gasteiger partial charge is 0.493 e. The summed E-state index contributed by atoms with van der Waals surface area (Å²) in [6.45, 7) is 6.82. The Bertz CT molecular complexity index is 895. The van der Waals surface area contributed by atoms with Gasteiger partial charge in [-0.1, -0.05) is 13.0 Å². The molecule has 1 amide bonds. The molecule has 8 nitrogen and oxygen atoms in total. The lowest BCUT2D eigenvalue weighted by molar-refractivity contribution is -0.150. The number of hydrogen-bond donors (Lipinski definition) is 1. The summed E-state index contributed by atoms with van der Waals surface area (Å²) in [5, 5.41) is 14.5. The van der Waals surface area contributed by atoms with E-state index in [-0.39, 0.29) is 19.1 Å². The summed E-state index contributed by atoms with van der Waals surface area (Å²) in [6.07, 6.45) is 0.358. The van der Waals surface area contributed by atoms with E-state index in [0.717, 1.165) is 23.4 Å². The Morgan fingerprint density at radius 3 is 2.60 bits per heavy atom. The van der Waals surface area contributed by atoms with Gasteiger partial charge in [-0.15, -0.1) is 0 Å². The van der Waals surface area contributed by atoms with Crippen LogP contribution in [0.4, 0.5) is 0 Å². The number of carbonyl (C=O) groups is 1. The Morgan fingerprint density at radius 2 is 2.00 bits per heavy atom. The van der Waals surface area contributed by atoms with Crippen molar-refractivity contribution in [2.45, 2.75) is 45.9 Å². The van der Waals surface area contributed by atoms with E-state index in [1.54, 1.807) is 29.9 Å². The van der Waals surface area contributed by atoms with E-state index in [4.69, 9.17) is 14.2 Å². The number of rotatable bonds is 7. The third kappa shape index (κ3) is 4.15. The SMILES string of the molecule is CCc1c(C)nn(CC(=O)N2CCO[C@H](CO)[C@H]2c2ccc(OC)c(OC)c2)c1C. The summed E-state index contributed by atoms with van der Waals surface area (Å²) >= 11 is 0. The zero-order valence-electron chi connectivity index (χ0n) is 18.3. The molecule has 1 saturated heterocycles. The summed E-state index contributed by atoms with van der Waals surface area (Å²) < 4.78 is 18.3. The standard InChI is InChI=1S/C22H31N3O5/c1-6-17-14(2)23-25(15(17)3)12-21(27)24-9-10-30-20(13-26)22(24)16-7-8-18(28-4)19(11-16)29-5/h7-8,11,20,22,26H,6,9-10,12-13H2,1-5H3/t20-,22-/m1/s1. The monoisotopic (exact) mass is 417 g/mol. The van der Waals surface area contributed by atoms with Gasteiger partial charge in [0.2, 0.25) is 5.91 Å². The van der Waals surface area contributed by atoms with Crippen molar-refractivity contribution in [2.75, 3.05) is 34.0 Å². The highest BCUT2D eigenvalue weighted by atomic mass is 16.5. The second kappa shape index (κ2) is 9.49. The van der Waals surface area contributed by atoms with Crippen LogP contribution in [0.25, 0.3) is 0 Å². The molecule has 1 fully saturated rings. The quantitative estimate of drug-likeness (QED) is 0.742. The molecule has 2 heterocycles. The predicted molar refractivity (Wildman–Crippen MR) is 112 cm³/mol. The average Bonchev–Trinajstić information content (AvgIpc) is 3.04. The Hall–Kier alpha value is -2.58. The molecule has 0 unspecified atom stereocenters. The van der Waals surface area contributed by atoms with Crippen LogP contribution in [0.15, 0.2) is 18.2 Å². The van der Waals surface area contributed by atoms with Crippen molar-refractivity contribution in [1.82, 2.24) is 14.7 Å². The van der Waals surface area contributed by atoms with Gasteiger partial charge in [0.05, 0.1) is 39.2 Å². The first-order valence-corrected chi connectivity index (χ1v) is 10.2. The molecule has 3 rings (SSSR count). The second-order valence-corrected chi connectivity index (χ2v) is 7.40. The van der Waals surface area contributed by atoms with Crippen molar-refractivity contribution in [3.8, 4) is 11.5 Å². The Balaban J connectivity index is 1.92. The van der Waals surface area contributed by atoms with Crippen molar-refractivity contribution < 1.29 is 24.1 Å². The van der Waals surface area contributed by atoms with Gasteiger partial charge in [-0.2, -0.15) is 5.10 Å². The van der Waals surface area contributed by atoms with Gasteiger partial charge in [-0.25, -0.2) is 0 Å². The number of nitrogens with zero attached hydrogens (tertiary/aromatic N) is 3. The molecule has 30 heavy (non-hydrogen) atoms. The van der Waals surface area contributed by atoms with Gasteiger partial charge in [0, 0.05) is 12.2 Å². The number of amides is 1. The van der Waals surface area contributed by atoms with Crippen molar-refractivity contribution in [3.63, 3.8) is 0 Å². The zero-order chi connectivity index (χ0) is 21.8. The maximum absolute atomic E-state index is 13.3. The van der Waals surface area contributed by atoms with Crippen LogP contribution in [0.3, 0.4) is 0 Å². The molecular formula is C22H31N3O5. The molecule has 0 spiro atoms. The van der Waals surface area contributed by atoms with Gasteiger partial charge in [0.15, 0.2) is 11.5 Å². The van der Waals surface area contributed by atoms with Gasteiger partial charge in [-0.3, -0.25) is 9.48 Å². The van der Waals surface area contributed by atoms with Crippen LogP contribution in [0.1, 0.15) is 35.5 Å². The van der Waals surface area contributed by atoms with Gasteiger partial charge >= 0.3 is 0 Å². The first-order valence-electron chi connectivity index (χ1n) is 10.2. The Morgan fingerprint density at radius 1 is 1.27 bits per heavy atom. The topological polar surface area (TPSA) is 86.1 Å². The highest BCUT2D eigenvalue weighted by molar-refractivity contribution is 5.77. The number of aryl methyl sites for hydroxylation is 1. The molecule has 8 heteroatoms. The number of aromatic nitrogens is 2. The van der Waals surface area contributed by atoms with E-state index in [1.165, 1.54) is 5.56 Å². The third-order valence-electron chi connectivity index (χ3n) is 5.77. The fraction of sp³-hybridized carbons (Fsp3) is 0.545. The van der Waals surface area contributed by atoms with Crippen LogP contribution in [-0.2, 0) is 22.5 Å². The molecule has 1 aromatic carbocycles. The first-order chi connectivity index (χ1) is 14.4. The van der Waals surface area contributed by atoms with Crippen LogP contribution in [0.2, 0.25) is 0 Å². The van der Waals surface area contributed by atoms with Gasteiger partial charge in [0.25, 0.3) is 0 Å². The van der Waals surface area contributed by atoms with Crippen LogP contribution in [0, 0.1) is 13.8 Å². The molecule has 0 bridgehead atoms. The fourth-order valence-corrected chi connectivity index (χ4v) is 4.22. The number of ether oxygens (including phenoxy) is 3. The van der Waals surface area contributed by atoms with E-state index in [1.807, 2.05) is 26.0 Å². The minimum absolute atomic E-state index is 0.0650. The third-order valence-corrected chi connectivity index (χ3v) is 5.77. The van der Waals surface area contributed by atoms with E-state index >= 15 is 0 Å². The lowest BCUT2D eigenvalue weighted by atomic mass is 9.97. The fourth-order valence-electron chi connectivity index (χ4n) is 4.22. The molecular weight excluding hydrogens is 386 g/mol. The summed E-state index contributed by atoms with van der Waals surface area (Å²) in [5.74, 6) is 1.10. The summed E-state index contributed by atoms with van der Waals surface area (Å²) in [6, 6.07) is 5.08. The van der Waals surface area contributed by atoms with Crippen LogP contribution in [0.5, 0.6) is 11.5 Å². The molecule has 164 valence electrons. The van der Waals surface area contributed by atoms with Crippen LogP contribution < -0.4 is 9.47 Å². The maximum atomic E-state index is 13.3. The molecule has 1 aliphatic rings. The number of benzene rings is 1. The molecule has 0 radical (unpaired) electrons. The van der Waals surface area contributed by atoms with Gasteiger partial charge in [0.1, 0.15) is 12.6 Å². The summed E-state index contributed by atoms with van der Waals surface area (Å²) in [7, 11) is 3.14. The predicted octanol–water partition coefficient (Wildman–Crippen LogP) is 2.04. The van der Waals surface area contributed by atoms with Crippen molar-refractivity contribution in [1.29, 1.82) is 0 Å². The van der Waals surface area contributed by atoms with Gasteiger partial charge < -0.3 is 24.2 Å². The van der Waals surface area contributed by atoms with E-state index < -0.39 is 12.1 Å². The van der Waals surface area contributed by atoms with E-state index in [2.05, 4.69) is 12.0 Å². The van der Waals surface area contributed by atoms with Crippen LogP contribution >= 0.6 is 0 Å². The average molecular weight is 418 g/mol. The van der Waals surface area contributed by atoms with Crippen molar-refractivity contribution in [3.05, 3.63) is 40.7 Å². The molecule has 1 aliphatic heterocycles. The normalized spacial score (nSPS) is 19.1. The van der Waals surface area contributed by atoms with Crippen LogP contribution in [-0.4, -0.2) is 65.8 Å². The number of morpholine rings is 1. The van der Waals surface area contributed by atoms with E-state index in [0.29, 0.717) is 24.7 Å². The number of aliphatic hydroxyl groups is 1. The molecule has 0 saturated carbocycles. The second-order valence-electron chi connectivity index (χ2n) is 7.40. The summed E-state index contributed by atoms with van der Waals surface area (Å²) in [5.41, 5.74) is 3.96. The zero-order valence-corrected chi connectivity index (χ0v) is 18.3.